The number of carbonyl (C=O) groups is 4. The van der Waals surface area contributed by atoms with Crippen molar-refractivity contribution in [3.63, 3.8) is 0 Å². The maximum atomic E-state index is 11.5. The molecule has 1 saturated heterocycles. The Bertz CT molecular complexity index is 514. The first-order valence-corrected chi connectivity index (χ1v) is 7.62. The quantitative estimate of drug-likeness (QED) is 0.484. The van der Waals surface area contributed by atoms with Gasteiger partial charge in [-0.05, 0) is 6.92 Å². The van der Waals surface area contributed by atoms with Crippen molar-refractivity contribution >= 4 is 23.9 Å². The maximum Gasteiger partial charge on any atom is 0.336 e. The molecular formula is C15H22O10. The molecule has 0 aliphatic carbocycles. The zero-order valence-corrected chi connectivity index (χ0v) is 14.4. The Morgan fingerprint density at radius 3 is 2.12 bits per heavy atom. The summed E-state index contributed by atoms with van der Waals surface area (Å²) in [5.74, 6) is -2.84. The van der Waals surface area contributed by atoms with E-state index in [0.717, 1.165) is 13.8 Å². The molecule has 10 heteroatoms. The van der Waals surface area contributed by atoms with E-state index in [1.54, 1.807) is 0 Å². The monoisotopic (exact) mass is 362 g/mol. The SMILES string of the molecule is CC(=O)OC[C@H]1O[C@H](OC(=O)C(C)O)C[C@@H](OC(C)=O)[C@@H]1OC(C)=O. The fourth-order valence-corrected chi connectivity index (χ4v) is 2.20. The molecule has 1 aliphatic heterocycles. The minimum Gasteiger partial charge on any atom is -0.463 e. The number of esters is 4. The van der Waals surface area contributed by atoms with Crippen LogP contribution in [0.4, 0.5) is 0 Å². The van der Waals surface area contributed by atoms with Crippen molar-refractivity contribution in [3.05, 3.63) is 0 Å². The molecule has 0 aromatic heterocycles. The molecular weight excluding hydrogens is 340 g/mol. The van der Waals surface area contributed by atoms with Crippen molar-refractivity contribution in [1.29, 1.82) is 0 Å². The number of aliphatic hydroxyl groups is 1. The molecule has 0 amide bonds. The molecule has 1 heterocycles. The van der Waals surface area contributed by atoms with Gasteiger partial charge < -0.3 is 28.8 Å². The van der Waals surface area contributed by atoms with Crippen LogP contribution in [0.15, 0.2) is 0 Å². The summed E-state index contributed by atoms with van der Waals surface area (Å²) in [7, 11) is 0. The molecule has 0 spiro atoms. The Kier molecular flexibility index (Phi) is 7.78. The summed E-state index contributed by atoms with van der Waals surface area (Å²) in [5, 5.41) is 9.22. The van der Waals surface area contributed by atoms with Crippen LogP contribution in [0.1, 0.15) is 34.1 Å². The van der Waals surface area contributed by atoms with E-state index in [2.05, 4.69) is 0 Å². The smallest absolute Gasteiger partial charge is 0.336 e. The first-order chi connectivity index (χ1) is 11.6. The molecule has 0 saturated carbocycles. The van der Waals surface area contributed by atoms with Crippen molar-refractivity contribution in [3.8, 4) is 0 Å². The van der Waals surface area contributed by atoms with E-state index in [1.165, 1.54) is 13.8 Å². The van der Waals surface area contributed by atoms with E-state index < -0.39 is 54.6 Å². The molecule has 1 unspecified atom stereocenters. The van der Waals surface area contributed by atoms with E-state index in [9.17, 15) is 24.3 Å². The summed E-state index contributed by atoms with van der Waals surface area (Å²) in [6.07, 6.45) is -5.75. The summed E-state index contributed by atoms with van der Waals surface area (Å²) < 4.78 is 25.6. The van der Waals surface area contributed by atoms with Gasteiger partial charge in [-0.3, -0.25) is 14.4 Å². The molecule has 142 valence electrons. The minimum atomic E-state index is -1.38. The molecule has 1 aliphatic rings. The first-order valence-electron chi connectivity index (χ1n) is 7.62. The zero-order valence-electron chi connectivity index (χ0n) is 14.4. The highest BCUT2D eigenvalue weighted by Crippen LogP contribution is 2.27. The van der Waals surface area contributed by atoms with Gasteiger partial charge in [0.05, 0.1) is 6.42 Å². The second-order valence-electron chi connectivity index (χ2n) is 5.48. The zero-order chi connectivity index (χ0) is 19.1. The van der Waals surface area contributed by atoms with Crippen molar-refractivity contribution in [2.24, 2.45) is 0 Å². The third-order valence-electron chi connectivity index (χ3n) is 3.14. The fourth-order valence-electron chi connectivity index (χ4n) is 2.20. The lowest BCUT2D eigenvalue weighted by molar-refractivity contribution is -0.262. The van der Waals surface area contributed by atoms with Crippen LogP contribution in [0.5, 0.6) is 0 Å². The van der Waals surface area contributed by atoms with Crippen LogP contribution in [-0.4, -0.2) is 66.3 Å². The molecule has 1 rings (SSSR count). The normalized spacial score (nSPS) is 26.9. The highest BCUT2D eigenvalue weighted by Gasteiger charge is 2.45. The third-order valence-corrected chi connectivity index (χ3v) is 3.14. The third kappa shape index (κ3) is 7.06. The number of carbonyl (C=O) groups excluding carboxylic acids is 4. The number of hydrogen-bond acceptors (Lipinski definition) is 10. The number of rotatable bonds is 6. The first kappa shape index (κ1) is 20.8. The summed E-state index contributed by atoms with van der Waals surface area (Å²) in [6.45, 7) is 4.41. The number of aliphatic hydroxyl groups excluding tert-OH is 1. The van der Waals surface area contributed by atoms with Crippen LogP contribution >= 0.6 is 0 Å². The van der Waals surface area contributed by atoms with Gasteiger partial charge in [-0.1, -0.05) is 0 Å². The molecule has 0 radical (unpaired) electrons. The van der Waals surface area contributed by atoms with Crippen LogP contribution < -0.4 is 0 Å². The predicted molar refractivity (Wildman–Crippen MR) is 78.8 cm³/mol. The molecule has 1 N–H and O–H groups in total. The van der Waals surface area contributed by atoms with Gasteiger partial charge in [0.2, 0.25) is 6.29 Å². The van der Waals surface area contributed by atoms with Crippen molar-refractivity contribution in [2.45, 2.75) is 64.8 Å². The highest BCUT2D eigenvalue weighted by molar-refractivity contribution is 5.74. The summed E-state index contributed by atoms with van der Waals surface area (Å²) >= 11 is 0. The average Bonchev–Trinajstić information content (AvgIpc) is 2.46. The van der Waals surface area contributed by atoms with Crippen LogP contribution in [-0.2, 0) is 42.9 Å². The van der Waals surface area contributed by atoms with E-state index in [0.29, 0.717) is 0 Å². The lowest BCUT2D eigenvalue weighted by Gasteiger charge is -2.39. The molecule has 0 aromatic carbocycles. The van der Waals surface area contributed by atoms with Gasteiger partial charge in [0, 0.05) is 20.8 Å². The van der Waals surface area contributed by atoms with Crippen LogP contribution in [0.3, 0.4) is 0 Å². The lowest BCUT2D eigenvalue weighted by atomic mass is 10.0. The van der Waals surface area contributed by atoms with Gasteiger partial charge in [-0.2, -0.15) is 0 Å². The number of ether oxygens (including phenoxy) is 5. The second-order valence-corrected chi connectivity index (χ2v) is 5.48. The van der Waals surface area contributed by atoms with Gasteiger partial charge in [-0.25, -0.2) is 4.79 Å². The summed E-state index contributed by atoms with van der Waals surface area (Å²) in [5.41, 5.74) is 0. The van der Waals surface area contributed by atoms with Gasteiger partial charge in [-0.15, -0.1) is 0 Å². The molecule has 0 aromatic rings. The van der Waals surface area contributed by atoms with Crippen molar-refractivity contribution in [1.82, 2.24) is 0 Å². The molecule has 10 nitrogen and oxygen atoms in total. The van der Waals surface area contributed by atoms with Crippen LogP contribution in [0, 0.1) is 0 Å². The Morgan fingerprint density at radius 1 is 1.04 bits per heavy atom. The summed E-state index contributed by atoms with van der Waals surface area (Å²) in [4.78, 5) is 45.2. The Balaban J connectivity index is 2.97. The Labute approximate surface area is 144 Å². The standard InChI is InChI=1S/C15H22O10/c1-7(16)15(20)25-13-5-11(22-9(3)18)14(23-10(4)19)12(24-13)6-21-8(2)17/h7,11-14,16H,5-6H2,1-4H3/t7?,11-,12-,13-,14+/m1/s1. The van der Waals surface area contributed by atoms with E-state index in [1.807, 2.05) is 0 Å². The summed E-state index contributed by atoms with van der Waals surface area (Å²) in [6, 6.07) is 0. The highest BCUT2D eigenvalue weighted by atomic mass is 16.7. The Morgan fingerprint density at radius 2 is 1.64 bits per heavy atom. The molecule has 1 fully saturated rings. The van der Waals surface area contributed by atoms with E-state index >= 15 is 0 Å². The topological polar surface area (TPSA) is 135 Å². The average molecular weight is 362 g/mol. The van der Waals surface area contributed by atoms with E-state index in [-0.39, 0.29) is 13.0 Å². The fraction of sp³-hybridized carbons (Fsp3) is 0.733. The van der Waals surface area contributed by atoms with E-state index in [4.69, 9.17) is 23.7 Å². The van der Waals surface area contributed by atoms with Gasteiger partial charge in [0.25, 0.3) is 0 Å². The lowest BCUT2D eigenvalue weighted by Crippen LogP contribution is -2.54. The molecule has 25 heavy (non-hydrogen) atoms. The van der Waals surface area contributed by atoms with Crippen LogP contribution in [0.25, 0.3) is 0 Å². The minimum absolute atomic E-state index is 0.118. The van der Waals surface area contributed by atoms with Crippen LogP contribution in [0.2, 0.25) is 0 Å². The van der Waals surface area contributed by atoms with Crippen molar-refractivity contribution in [2.75, 3.05) is 6.61 Å². The van der Waals surface area contributed by atoms with Gasteiger partial charge in [0.15, 0.2) is 6.10 Å². The maximum absolute atomic E-state index is 11.5. The Hall–Kier alpha value is -2.20. The second kappa shape index (κ2) is 9.33. The van der Waals surface area contributed by atoms with Crippen molar-refractivity contribution < 1.29 is 48.0 Å². The predicted octanol–water partition coefficient (Wildman–Crippen LogP) is -0.548. The number of hydrogen-bond donors (Lipinski definition) is 1. The molecule has 0 bridgehead atoms. The van der Waals surface area contributed by atoms with Gasteiger partial charge >= 0.3 is 23.9 Å². The molecule has 5 atom stereocenters. The largest absolute Gasteiger partial charge is 0.463 e. The van der Waals surface area contributed by atoms with Gasteiger partial charge in [0.1, 0.15) is 24.9 Å².